The summed E-state index contributed by atoms with van der Waals surface area (Å²) in [6, 6.07) is 4.27. The summed E-state index contributed by atoms with van der Waals surface area (Å²) in [5.74, 6) is -0.772. The minimum absolute atomic E-state index is 0.323. The zero-order valence-electron chi connectivity index (χ0n) is 10.8. The summed E-state index contributed by atoms with van der Waals surface area (Å²) < 4.78 is 27.0. The van der Waals surface area contributed by atoms with Gasteiger partial charge in [-0.1, -0.05) is 6.07 Å². The summed E-state index contributed by atoms with van der Waals surface area (Å²) in [4.78, 5) is 12.2. The van der Waals surface area contributed by atoms with Crippen molar-refractivity contribution in [3.63, 3.8) is 0 Å². The average Bonchev–Trinajstić information content (AvgIpc) is 2.51. The molecule has 1 aliphatic heterocycles. The van der Waals surface area contributed by atoms with Gasteiger partial charge in [0.15, 0.2) is 11.6 Å². The Kier molecular flexibility index (Phi) is 3.45. The number of anilines is 2. The fourth-order valence-corrected chi connectivity index (χ4v) is 2.37. The Morgan fingerprint density at radius 2 is 1.70 bits per heavy atom. The van der Waals surface area contributed by atoms with Gasteiger partial charge in [0.05, 0.1) is 11.9 Å². The summed E-state index contributed by atoms with van der Waals surface area (Å²) in [5.41, 5.74) is 0.323. The predicted octanol–water partition coefficient (Wildman–Crippen LogP) is 2.08. The van der Waals surface area contributed by atoms with Gasteiger partial charge >= 0.3 is 0 Å². The third kappa shape index (κ3) is 2.41. The van der Waals surface area contributed by atoms with Gasteiger partial charge in [0.1, 0.15) is 5.82 Å². The molecule has 2 heterocycles. The van der Waals surface area contributed by atoms with Crippen LogP contribution in [0.4, 0.5) is 20.3 Å². The molecule has 0 amide bonds. The summed E-state index contributed by atoms with van der Waals surface area (Å²) in [7, 11) is 0. The van der Waals surface area contributed by atoms with E-state index in [1.807, 2.05) is 4.90 Å². The first-order chi connectivity index (χ1) is 9.75. The highest BCUT2D eigenvalue weighted by Crippen LogP contribution is 2.23. The maximum atomic E-state index is 13.8. The van der Waals surface area contributed by atoms with Crippen LogP contribution >= 0.6 is 0 Å². The van der Waals surface area contributed by atoms with Crippen molar-refractivity contribution in [3.8, 4) is 0 Å². The zero-order chi connectivity index (χ0) is 13.9. The van der Waals surface area contributed by atoms with Gasteiger partial charge in [-0.15, -0.1) is 0 Å². The fraction of sp³-hybridized carbons (Fsp3) is 0.286. The molecule has 0 spiro atoms. The van der Waals surface area contributed by atoms with E-state index >= 15 is 0 Å². The standard InChI is InChI=1S/C14H14F2N4/c15-11-2-1-3-12(14(11)16)19-6-8-20(9-7-19)13-10-17-4-5-18-13/h1-5,10H,6-9H2. The van der Waals surface area contributed by atoms with Gasteiger partial charge in [-0.3, -0.25) is 4.98 Å². The number of aromatic nitrogens is 2. The number of rotatable bonds is 2. The Balaban J connectivity index is 1.71. The molecule has 1 aliphatic rings. The van der Waals surface area contributed by atoms with Crippen LogP contribution in [0.25, 0.3) is 0 Å². The van der Waals surface area contributed by atoms with Crippen molar-refractivity contribution in [2.45, 2.75) is 0 Å². The van der Waals surface area contributed by atoms with Gasteiger partial charge < -0.3 is 9.80 Å². The highest BCUT2D eigenvalue weighted by molar-refractivity contribution is 5.50. The number of hydrogen-bond donors (Lipinski definition) is 0. The second-order valence-electron chi connectivity index (χ2n) is 4.61. The quantitative estimate of drug-likeness (QED) is 0.840. The highest BCUT2D eigenvalue weighted by Gasteiger charge is 2.21. The van der Waals surface area contributed by atoms with Gasteiger partial charge in [-0.2, -0.15) is 0 Å². The van der Waals surface area contributed by atoms with Gasteiger partial charge in [0, 0.05) is 38.6 Å². The van der Waals surface area contributed by atoms with E-state index in [1.54, 1.807) is 24.7 Å². The second-order valence-corrected chi connectivity index (χ2v) is 4.61. The molecule has 3 rings (SSSR count). The monoisotopic (exact) mass is 276 g/mol. The maximum absolute atomic E-state index is 13.8. The van der Waals surface area contributed by atoms with Crippen LogP contribution < -0.4 is 9.80 Å². The molecular weight excluding hydrogens is 262 g/mol. The Labute approximate surface area is 115 Å². The lowest BCUT2D eigenvalue weighted by molar-refractivity contribution is 0.503. The van der Waals surface area contributed by atoms with Gasteiger partial charge in [0.2, 0.25) is 0 Å². The number of nitrogens with zero attached hydrogens (tertiary/aromatic N) is 4. The normalized spacial score (nSPS) is 15.5. The Morgan fingerprint density at radius 3 is 2.40 bits per heavy atom. The molecule has 6 heteroatoms. The zero-order valence-corrected chi connectivity index (χ0v) is 10.8. The van der Waals surface area contributed by atoms with Gasteiger partial charge in [-0.05, 0) is 12.1 Å². The molecule has 1 fully saturated rings. The first-order valence-corrected chi connectivity index (χ1v) is 6.45. The van der Waals surface area contributed by atoms with E-state index in [-0.39, 0.29) is 0 Å². The van der Waals surface area contributed by atoms with E-state index in [2.05, 4.69) is 14.9 Å². The molecule has 0 saturated carbocycles. The van der Waals surface area contributed by atoms with Crippen LogP contribution in [0, 0.1) is 11.6 Å². The van der Waals surface area contributed by atoms with Crippen LogP contribution in [0.5, 0.6) is 0 Å². The lowest BCUT2D eigenvalue weighted by Gasteiger charge is -2.36. The molecule has 0 unspecified atom stereocenters. The highest BCUT2D eigenvalue weighted by atomic mass is 19.2. The molecular formula is C14H14F2N4. The molecule has 1 aromatic heterocycles. The Hall–Kier alpha value is -2.24. The third-order valence-electron chi connectivity index (χ3n) is 3.43. The van der Waals surface area contributed by atoms with Gasteiger partial charge in [-0.25, -0.2) is 13.8 Å². The van der Waals surface area contributed by atoms with E-state index in [1.165, 1.54) is 6.07 Å². The summed E-state index contributed by atoms with van der Waals surface area (Å²) in [6.45, 7) is 2.65. The van der Waals surface area contributed by atoms with Gasteiger partial charge in [0.25, 0.3) is 0 Å². The molecule has 20 heavy (non-hydrogen) atoms. The predicted molar refractivity (Wildman–Crippen MR) is 72.8 cm³/mol. The molecule has 1 aromatic carbocycles. The van der Waals surface area contributed by atoms with Crippen LogP contribution in [0.1, 0.15) is 0 Å². The fourth-order valence-electron chi connectivity index (χ4n) is 2.37. The van der Waals surface area contributed by atoms with E-state index in [4.69, 9.17) is 0 Å². The molecule has 1 saturated heterocycles. The van der Waals surface area contributed by atoms with Crippen molar-refractivity contribution < 1.29 is 8.78 Å². The van der Waals surface area contributed by atoms with Crippen LogP contribution in [-0.4, -0.2) is 36.1 Å². The molecule has 0 N–H and O–H groups in total. The molecule has 2 aromatic rings. The lowest BCUT2D eigenvalue weighted by Crippen LogP contribution is -2.47. The molecule has 0 bridgehead atoms. The van der Waals surface area contributed by atoms with Crippen LogP contribution in [0.15, 0.2) is 36.8 Å². The number of halogens is 2. The first-order valence-electron chi connectivity index (χ1n) is 6.45. The molecule has 0 atom stereocenters. The van der Waals surface area contributed by atoms with Crippen LogP contribution in [0.3, 0.4) is 0 Å². The van der Waals surface area contributed by atoms with Crippen LogP contribution in [-0.2, 0) is 0 Å². The average molecular weight is 276 g/mol. The SMILES string of the molecule is Fc1cccc(N2CCN(c3cnccn3)CC2)c1F. The largest absolute Gasteiger partial charge is 0.366 e. The number of hydrogen-bond acceptors (Lipinski definition) is 4. The Morgan fingerprint density at radius 1 is 0.950 bits per heavy atom. The van der Waals surface area contributed by atoms with Crippen molar-refractivity contribution in [1.82, 2.24) is 9.97 Å². The topological polar surface area (TPSA) is 32.3 Å². The molecule has 0 aliphatic carbocycles. The number of benzene rings is 1. The Bertz CT molecular complexity index is 583. The maximum Gasteiger partial charge on any atom is 0.182 e. The van der Waals surface area contributed by atoms with E-state index < -0.39 is 11.6 Å². The summed E-state index contributed by atoms with van der Waals surface area (Å²) >= 11 is 0. The minimum Gasteiger partial charge on any atom is -0.366 e. The van der Waals surface area contributed by atoms with Crippen molar-refractivity contribution in [1.29, 1.82) is 0 Å². The molecule has 0 radical (unpaired) electrons. The van der Waals surface area contributed by atoms with E-state index in [9.17, 15) is 8.78 Å². The van der Waals surface area contributed by atoms with E-state index in [0.29, 0.717) is 31.9 Å². The third-order valence-corrected chi connectivity index (χ3v) is 3.43. The smallest absolute Gasteiger partial charge is 0.182 e. The molecule has 104 valence electrons. The van der Waals surface area contributed by atoms with Crippen molar-refractivity contribution in [2.24, 2.45) is 0 Å². The second kappa shape index (κ2) is 5.40. The van der Waals surface area contributed by atoms with Crippen molar-refractivity contribution in [2.75, 3.05) is 36.0 Å². The number of piperazine rings is 1. The van der Waals surface area contributed by atoms with Crippen molar-refractivity contribution in [3.05, 3.63) is 48.4 Å². The van der Waals surface area contributed by atoms with Crippen molar-refractivity contribution >= 4 is 11.5 Å². The summed E-state index contributed by atoms with van der Waals surface area (Å²) in [5, 5.41) is 0. The van der Waals surface area contributed by atoms with Crippen LogP contribution in [0.2, 0.25) is 0 Å². The molecule has 4 nitrogen and oxygen atoms in total. The van der Waals surface area contributed by atoms with E-state index in [0.717, 1.165) is 11.9 Å². The minimum atomic E-state index is -0.807. The lowest BCUT2D eigenvalue weighted by atomic mass is 10.2. The first kappa shape index (κ1) is 12.8. The summed E-state index contributed by atoms with van der Waals surface area (Å²) in [6.07, 6.45) is 4.98.